The Balaban J connectivity index is 1.01. The van der Waals surface area contributed by atoms with Crippen molar-refractivity contribution in [3.63, 3.8) is 0 Å². The van der Waals surface area contributed by atoms with Crippen LogP contribution in [-0.4, -0.2) is 33.7 Å². The minimum Gasteiger partial charge on any atom is -0.299 e. The van der Waals surface area contributed by atoms with Crippen LogP contribution in [0, 0.1) is 0 Å². The third-order valence-corrected chi connectivity index (χ3v) is 10.9. The largest absolute Gasteiger partial charge is 0.299 e. The number of aromatic nitrogens is 7. The van der Waals surface area contributed by atoms with Gasteiger partial charge in [-0.05, 0) is 35.4 Å². The molecule has 7 nitrogen and oxygen atoms in total. The molecule has 0 aliphatic rings. The number of fused-ring (bicyclic) bond motifs is 2. The van der Waals surface area contributed by atoms with Crippen LogP contribution in [0.25, 0.3) is 102 Å². The summed E-state index contributed by atoms with van der Waals surface area (Å²) in [6, 6.07) is 68.5. The van der Waals surface area contributed by atoms with E-state index in [1.165, 1.54) is 0 Å². The first-order valence-corrected chi connectivity index (χ1v) is 19.9. The first kappa shape index (κ1) is 34.9. The fourth-order valence-electron chi connectivity index (χ4n) is 7.90. The van der Waals surface area contributed by atoms with Gasteiger partial charge in [0.25, 0.3) is 0 Å². The molecule has 5 heterocycles. The van der Waals surface area contributed by atoms with Gasteiger partial charge < -0.3 is 0 Å². The smallest absolute Gasteiger partial charge is 0.164 e. The number of pyridine rings is 2. The van der Waals surface area contributed by atoms with Crippen LogP contribution in [0.1, 0.15) is 0 Å². The molecule has 0 spiro atoms. The molecule has 0 amide bonds. The van der Waals surface area contributed by atoms with Crippen LogP contribution in [0.5, 0.6) is 0 Å². The number of nitrogens with zero attached hydrogens (tertiary/aromatic N) is 7. The number of hydrogen-bond donors (Lipinski definition) is 0. The van der Waals surface area contributed by atoms with Crippen molar-refractivity contribution in [1.29, 1.82) is 0 Å². The summed E-state index contributed by atoms with van der Waals surface area (Å²) >= 11 is 0. The monoisotopic (exact) mass is 769 g/mol. The lowest BCUT2D eigenvalue weighted by Crippen LogP contribution is -2.00. The van der Waals surface area contributed by atoms with Crippen molar-refractivity contribution in [2.75, 3.05) is 0 Å². The van der Waals surface area contributed by atoms with Crippen LogP contribution in [0.3, 0.4) is 0 Å². The van der Waals surface area contributed by atoms with E-state index < -0.39 is 0 Å². The second-order valence-corrected chi connectivity index (χ2v) is 14.6. The molecule has 60 heavy (non-hydrogen) atoms. The van der Waals surface area contributed by atoms with Crippen LogP contribution < -0.4 is 0 Å². The molecule has 0 aliphatic carbocycles. The second-order valence-electron chi connectivity index (χ2n) is 14.6. The number of imidazole rings is 2. The lowest BCUT2D eigenvalue weighted by Gasteiger charge is -2.11. The van der Waals surface area contributed by atoms with E-state index in [0.29, 0.717) is 17.5 Å². The molecule has 0 bridgehead atoms. The zero-order chi connectivity index (χ0) is 39.8. The third kappa shape index (κ3) is 6.40. The van der Waals surface area contributed by atoms with Crippen molar-refractivity contribution >= 4 is 11.3 Å². The Morgan fingerprint density at radius 3 is 0.917 bits per heavy atom. The van der Waals surface area contributed by atoms with E-state index in [4.69, 9.17) is 24.9 Å². The summed E-state index contributed by atoms with van der Waals surface area (Å²) in [4.78, 5) is 25.4. The fraction of sp³-hybridized carbons (Fsp3) is 0. The maximum absolute atomic E-state index is 5.12. The average Bonchev–Trinajstić information content (AvgIpc) is 3.92. The SMILES string of the molecule is c1ccc(-c2ccc(-c3nc(-c4ccc(-c5c(-c6ccccc6)nc6ccccn56)cc4)nc(-c4ccc(-c5c(-c6ccccc6)nc6ccccn56)cc4)n3)cc2)cc1. The molecule has 0 N–H and O–H groups in total. The van der Waals surface area contributed by atoms with Crippen LogP contribution in [0.15, 0.2) is 213 Å². The summed E-state index contributed by atoms with van der Waals surface area (Å²) in [5.74, 6) is 1.78. The van der Waals surface area contributed by atoms with E-state index in [9.17, 15) is 0 Å². The molecule has 282 valence electrons. The molecule has 6 aromatic carbocycles. The predicted octanol–water partition coefficient (Wildman–Crippen LogP) is 12.5. The lowest BCUT2D eigenvalue weighted by atomic mass is 10.0. The van der Waals surface area contributed by atoms with Gasteiger partial charge in [0.15, 0.2) is 17.5 Å². The molecule has 0 unspecified atom stereocenters. The first-order valence-electron chi connectivity index (χ1n) is 19.9. The summed E-state index contributed by atoms with van der Waals surface area (Å²) < 4.78 is 4.30. The van der Waals surface area contributed by atoms with E-state index in [-0.39, 0.29) is 0 Å². The summed E-state index contributed by atoms with van der Waals surface area (Å²) in [5, 5.41) is 0. The highest BCUT2D eigenvalue weighted by atomic mass is 15.0. The van der Waals surface area contributed by atoms with E-state index >= 15 is 0 Å². The quantitative estimate of drug-likeness (QED) is 0.154. The molecule has 0 saturated carbocycles. The van der Waals surface area contributed by atoms with Gasteiger partial charge in [0.05, 0.1) is 22.8 Å². The van der Waals surface area contributed by atoms with Gasteiger partial charge in [-0.3, -0.25) is 8.80 Å². The van der Waals surface area contributed by atoms with Crippen LogP contribution in [0.2, 0.25) is 0 Å². The molecule has 7 heteroatoms. The zero-order valence-corrected chi connectivity index (χ0v) is 32.3. The molecule has 5 aromatic heterocycles. The van der Waals surface area contributed by atoms with Gasteiger partial charge in [-0.15, -0.1) is 0 Å². The normalized spacial score (nSPS) is 11.3. The molecule has 11 rings (SSSR count). The van der Waals surface area contributed by atoms with Crippen LogP contribution in [-0.2, 0) is 0 Å². The van der Waals surface area contributed by atoms with Crippen molar-refractivity contribution in [1.82, 2.24) is 33.7 Å². The Labute approximate surface area is 346 Å². The van der Waals surface area contributed by atoms with Gasteiger partial charge in [-0.25, -0.2) is 24.9 Å². The minimum atomic E-state index is 0.590. The van der Waals surface area contributed by atoms with Crippen LogP contribution >= 0.6 is 0 Å². The molecule has 0 aliphatic heterocycles. The summed E-state index contributed by atoms with van der Waals surface area (Å²) in [5.41, 5.74) is 14.9. The average molecular weight is 770 g/mol. The van der Waals surface area contributed by atoms with Gasteiger partial charge >= 0.3 is 0 Å². The Hall–Kier alpha value is -8.29. The summed E-state index contributed by atoms with van der Waals surface area (Å²) in [6.07, 6.45) is 4.13. The van der Waals surface area contributed by atoms with Crippen molar-refractivity contribution in [3.8, 4) is 90.3 Å². The van der Waals surface area contributed by atoms with Crippen molar-refractivity contribution < 1.29 is 0 Å². The fourth-order valence-corrected chi connectivity index (χ4v) is 7.90. The Bertz CT molecular complexity index is 3090. The van der Waals surface area contributed by atoms with Crippen molar-refractivity contribution in [2.24, 2.45) is 0 Å². The van der Waals surface area contributed by atoms with Gasteiger partial charge in [-0.2, -0.15) is 0 Å². The molecular formula is C53H35N7. The molecule has 0 radical (unpaired) electrons. The predicted molar refractivity (Wildman–Crippen MR) is 241 cm³/mol. The zero-order valence-electron chi connectivity index (χ0n) is 32.3. The summed E-state index contributed by atoms with van der Waals surface area (Å²) in [7, 11) is 0. The van der Waals surface area contributed by atoms with E-state index in [1.54, 1.807) is 0 Å². The lowest BCUT2D eigenvalue weighted by molar-refractivity contribution is 1.07. The van der Waals surface area contributed by atoms with Gasteiger partial charge in [-0.1, -0.05) is 176 Å². The van der Waals surface area contributed by atoms with E-state index in [1.807, 2.05) is 78.9 Å². The molecule has 0 fully saturated rings. The standard InChI is InChI=1S/C53H35N7/c1-4-14-36(15-5-1)37-22-28-42(29-23-37)51-56-52(43-30-24-40(25-31-43)49-47(38-16-6-2-7-17-38)54-45-20-10-12-34-59(45)49)58-53(57-51)44-32-26-41(27-33-44)50-48(39-18-8-3-9-19-39)55-46-21-11-13-35-60(46)50/h1-35H. The highest BCUT2D eigenvalue weighted by molar-refractivity contribution is 5.84. The first-order chi connectivity index (χ1) is 29.7. The highest BCUT2D eigenvalue weighted by Crippen LogP contribution is 2.36. The number of hydrogen-bond acceptors (Lipinski definition) is 5. The van der Waals surface area contributed by atoms with Crippen LogP contribution in [0.4, 0.5) is 0 Å². The second kappa shape index (κ2) is 14.9. The van der Waals surface area contributed by atoms with Crippen molar-refractivity contribution in [3.05, 3.63) is 213 Å². The Morgan fingerprint density at radius 2 is 0.533 bits per heavy atom. The van der Waals surface area contributed by atoms with E-state index in [2.05, 4.69) is 143 Å². The Morgan fingerprint density at radius 1 is 0.233 bits per heavy atom. The maximum Gasteiger partial charge on any atom is 0.164 e. The number of benzene rings is 6. The van der Waals surface area contributed by atoms with Crippen molar-refractivity contribution in [2.45, 2.75) is 0 Å². The van der Waals surface area contributed by atoms with E-state index in [0.717, 1.165) is 84.1 Å². The maximum atomic E-state index is 5.12. The topological polar surface area (TPSA) is 73.3 Å². The molecule has 11 aromatic rings. The molecule has 0 saturated heterocycles. The molecular weight excluding hydrogens is 735 g/mol. The van der Waals surface area contributed by atoms with Gasteiger partial charge in [0, 0.05) is 51.3 Å². The minimum absolute atomic E-state index is 0.590. The highest BCUT2D eigenvalue weighted by Gasteiger charge is 2.19. The van der Waals surface area contributed by atoms with Gasteiger partial charge in [0.1, 0.15) is 11.3 Å². The third-order valence-electron chi connectivity index (χ3n) is 10.9. The summed E-state index contributed by atoms with van der Waals surface area (Å²) in [6.45, 7) is 0. The van der Waals surface area contributed by atoms with Gasteiger partial charge in [0.2, 0.25) is 0 Å². The Kier molecular flexibility index (Phi) is 8.67. The molecule has 0 atom stereocenters. The number of rotatable bonds is 8.